The molecule has 3 heterocycles. The third-order valence-electron chi connectivity index (χ3n) is 9.63. The van der Waals surface area contributed by atoms with Gasteiger partial charge in [0.15, 0.2) is 0 Å². The summed E-state index contributed by atoms with van der Waals surface area (Å²) < 4.78 is 12.8. The topological polar surface area (TPSA) is 62.3 Å². The molecule has 3 aromatic rings. The molecule has 0 N–H and O–H groups in total. The summed E-state index contributed by atoms with van der Waals surface area (Å²) >= 11 is 0. The molecule has 0 atom stereocenters. The van der Waals surface area contributed by atoms with Crippen LogP contribution in [0.4, 0.5) is 5.69 Å². The zero-order valence-corrected chi connectivity index (χ0v) is 25.2. The molecule has 8 heteroatoms. The molecule has 2 amide bonds. The highest BCUT2D eigenvalue weighted by Crippen LogP contribution is 2.38. The van der Waals surface area contributed by atoms with Crippen LogP contribution in [-0.2, 0) is 15.9 Å². The van der Waals surface area contributed by atoms with Gasteiger partial charge in [-0.2, -0.15) is 0 Å². The van der Waals surface area contributed by atoms with E-state index in [2.05, 4.69) is 67.5 Å². The molecule has 0 aromatic heterocycles. The zero-order chi connectivity index (χ0) is 29.9. The van der Waals surface area contributed by atoms with E-state index in [0.717, 1.165) is 60.2 Å². The first-order chi connectivity index (χ1) is 20.6. The van der Waals surface area contributed by atoms with E-state index in [1.165, 1.54) is 10.5 Å². The molecular weight excluding hydrogens is 537 g/mol. The van der Waals surface area contributed by atoms with Crippen molar-refractivity contribution in [3.8, 4) is 0 Å². The van der Waals surface area contributed by atoms with Crippen molar-refractivity contribution < 1.29 is 18.9 Å². The van der Waals surface area contributed by atoms with Crippen LogP contribution < -0.4 is 10.4 Å². The van der Waals surface area contributed by atoms with Crippen molar-refractivity contribution in [2.75, 3.05) is 37.6 Å². The Morgan fingerprint density at radius 3 is 2.21 bits per heavy atom. The van der Waals surface area contributed by atoms with E-state index in [0.29, 0.717) is 11.1 Å². The summed E-state index contributed by atoms with van der Waals surface area (Å²) in [7, 11) is -0.385. The fraction of sp³-hybridized carbons (Fsp3) is 0.343. The molecule has 0 radical (unpaired) electrons. The quantitative estimate of drug-likeness (QED) is 0.242. The maximum absolute atomic E-state index is 13.5. The van der Waals surface area contributed by atoms with Crippen molar-refractivity contribution in [1.29, 1.82) is 0 Å². The lowest BCUT2D eigenvalue weighted by Gasteiger charge is -2.37. The van der Waals surface area contributed by atoms with Crippen molar-refractivity contribution in [3.63, 3.8) is 0 Å². The van der Waals surface area contributed by atoms with Crippen molar-refractivity contribution in [1.82, 2.24) is 9.80 Å². The standard InChI is InChI=1S/C35H36BN3O4/c1-34(2)35(3,4)43-36(42-34)29-15-8-7-12-25(29)23-37-18-20-38(21-19-37)30-17-16-28-31-26(30)13-9-14-27(31)32(40)39(33(28)41)22-24-10-5-6-11-24/h5-10,12-17H,18-23H2,1-4H3. The number of amides is 2. The van der Waals surface area contributed by atoms with Crippen LogP contribution in [0.5, 0.6) is 0 Å². The smallest absolute Gasteiger partial charge is 0.399 e. The first-order valence-corrected chi connectivity index (χ1v) is 15.1. The van der Waals surface area contributed by atoms with Crippen molar-refractivity contribution >= 4 is 40.9 Å². The molecule has 7 rings (SSSR count). The summed E-state index contributed by atoms with van der Waals surface area (Å²) in [6.07, 6.45) is 5.55. The molecule has 7 nitrogen and oxygen atoms in total. The van der Waals surface area contributed by atoms with Gasteiger partial charge in [-0.15, -0.1) is 5.73 Å². The SMILES string of the molecule is CC1(C)OB(c2ccccc2CN2CCN(c3ccc4c5c(cccc35)C(=O)N(CC3=C=CC=C3)C4=O)CC2)OC1(C)C. The molecule has 43 heavy (non-hydrogen) atoms. The van der Waals surface area contributed by atoms with Gasteiger partial charge in [-0.25, -0.2) is 0 Å². The second-order valence-electron chi connectivity index (χ2n) is 12.8. The number of imide groups is 1. The van der Waals surface area contributed by atoms with Gasteiger partial charge in [-0.3, -0.25) is 19.4 Å². The van der Waals surface area contributed by atoms with E-state index in [4.69, 9.17) is 9.31 Å². The number of hydrogen-bond donors (Lipinski definition) is 0. The van der Waals surface area contributed by atoms with Crippen molar-refractivity contribution in [2.45, 2.75) is 45.4 Å². The van der Waals surface area contributed by atoms with Crippen LogP contribution in [0.2, 0.25) is 0 Å². The average molecular weight is 574 g/mol. The summed E-state index contributed by atoms with van der Waals surface area (Å²) in [4.78, 5) is 33.2. The minimum absolute atomic E-state index is 0.224. The highest BCUT2D eigenvalue weighted by molar-refractivity contribution is 6.62. The lowest BCUT2D eigenvalue weighted by Crippen LogP contribution is -2.47. The Balaban J connectivity index is 1.09. The van der Waals surface area contributed by atoms with E-state index < -0.39 is 0 Å². The third kappa shape index (κ3) is 4.75. The summed E-state index contributed by atoms with van der Waals surface area (Å²) in [5, 5.41) is 1.72. The Morgan fingerprint density at radius 2 is 1.51 bits per heavy atom. The second kappa shape index (κ2) is 10.4. The van der Waals surface area contributed by atoms with Gasteiger partial charge in [0, 0.05) is 65.9 Å². The Kier molecular flexibility index (Phi) is 6.71. The van der Waals surface area contributed by atoms with E-state index in [1.807, 2.05) is 42.5 Å². The number of allylic oxidation sites excluding steroid dienone is 1. The molecule has 3 aromatic carbocycles. The first kappa shape index (κ1) is 27.9. The fourth-order valence-corrected chi connectivity index (χ4v) is 6.45. The normalized spacial score (nSPS) is 20.9. The number of piperazine rings is 1. The summed E-state index contributed by atoms with van der Waals surface area (Å²) in [6.45, 7) is 12.9. The summed E-state index contributed by atoms with van der Waals surface area (Å²) in [6, 6.07) is 18.2. The Hall–Kier alpha value is -3.94. The van der Waals surface area contributed by atoms with Gasteiger partial charge in [0.2, 0.25) is 0 Å². The van der Waals surface area contributed by atoms with Crippen molar-refractivity contribution in [3.05, 3.63) is 101 Å². The molecule has 0 saturated carbocycles. The molecule has 2 saturated heterocycles. The molecule has 0 spiro atoms. The van der Waals surface area contributed by atoms with Crippen LogP contribution in [-0.4, -0.2) is 72.7 Å². The number of rotatable bonds is 6. The first-order valence-electron chi connectivity index (χ1n) is 15.1. The number of anilines is 1. The average Bonchev–Trinajstić information content (AvgIpc) is 3.58. The van der Waals surface area contributed by atoms with Crippen molar-refractivity contribution in [2.24, 2.45) is 0 Å². The lowest BCUT2D eigenvalue weighted by atomic mass is 9.76. The van der Waals surface area contributed by atoms with Gasteiger partial charge in [0.05, 0.1) is 17.7 Å². The number of carbonyl (C=O) groups is 2. The van der Waals surface area contributed by atoms with Crippen LogP contribution in [0.1, 0.15) is 54.0 Å². The fourth-order valence-electron chi connectivity index (χ4n) is 6.45. The van der Waals surface area contributed by atoms with Crippen LogP contribution in [0.15, 0.2) is 84.1 Å². The van der Waals surface area contributed by atoms with Crippen LogP contribution in [0, 0.1) is 0 Å². The second-order valence-corrected chi connectivity index (χ2v) is 12.8. The monoisotopic (exact) mass is 573 g/mol. The predicted octanol–water partition coefficient (Wildman–Crippen LogP) is 4.71. The Morgan fingerprint density at radius 1 is 0.814 bits per heavy atom. The van der Waals surface area contributed by atoms with Crippen LogP contribution in [0.3, 0.4) is 0 Å². The van der Waals surface area contributed by atoms with E-state index in [-0.39, 0.29) is 36.7 Å². The zero-order valence-electron chi connectivity index (χ0n) is 25.2. The number of hydrogen-bond acceptors (Lipinski definition) is 6. The molecule has 3 aliphatic heterocycles. The molecule has 218 valence electrons. The largest absolute Gasteiger partial charge is 0.495 e. The van der Waals surface area contributed by atoms with Gasteiger partial charge in [0.25, 0.3) is 11.8 Å². The predicted molar refractivity (Wildman–Crippen MR) is 170 cm³/mol. The Labute approximate surface area is 253 Å². The number of benzene rings is 3. The maximum atomic E-state index is 13.5. The molecule has 1 aliphatic carbocycles. The van der Waals surface area contributed by atoms with Gasteiger partial charge in [0.1, 0.15) is 0 Å². The lowest BCUT2D eigenvalue weighted by molar-refractivity contribution is 0.00578. The number of carbonyl (C=O) groups excluding carboxylic acids is 2. The minimum atomic E-state index is -0.385. The number of nitrogens with zero attached hydrogens (tertiary/aromatic N) is 3. The van der Waals surface area contributed by atoms with Gasteiger partial charge < -0.3 is 14.2 Å². The van der Waals surface area contributed by atoms with Gasteiger partial charge in [-0.05, 0) is 69.1 Å². The van der Waals surface area contributed by atoms with Gasteiger partial charge in [-0.1, -0.05) is 42.5 Å². The summed E-state index contributed by atoms with van der Waals surface area (Å²) in [5.41, 5.74) is 7.69. The van der Waals surface area contributed by atoms with Crippen LogP contribution >= 0.6 is 0 Å². The molecule has 2 fully saturated rings. The highest BCUT2D eigenvalue weighted by atomic mass is 16.7. The molecular formula is C35H36BN3O4. The summed E-state index contributed by atoms with van der Waals surface area (Å²) in [5.74, 6) is -0.499. The third-order valence-corrected chi connectivity index (χ3v) is 9.63. The van der Waals surface area contributed by atoms with E-state index >= 15 is 0 Å². The highest BCUT2D eigenvalue weighted by Gasteiger charge is 2.52. The molecule has 0 bridgehead atoms. The van der Waals surface area contributed by atoms with Gasteiger partial charge >= 0.3 is 7.12 Å². The maximum Gasteiger partial charge on any atom is 0.495 e. The molecule has 4 aliphatic rings. The minimum Gasteiger partial charge on any atom is -0.399 e. The van der Waals surface area contributed by atoms with E-state index in [9.17, 15) is 9.59 Å². The van der Waals surface area contributed by atoms with E-state index in [1.54, 1.807) is 6.08 Å². The van der Waals surface area contributed by atoms with Crippen LogP contribution in [0.25, 0.3) is 10.8 Å². The molecule has 0 unspecified atom stereocenters. The Bertz CT molecular complexity index is 1710.